The van der Waals surface area contributed by atoms with Gasteiger partial charge < -0.3 is 5.32 Å². The molecule has 0 aliphatic carbocycles. The Morgan fingerprint density at radius 3 is 2.68 bits per heavy atom. The normalized spacial score (nSPS) is 10.5. The summed E-state index contributed by atoms with van der Waals surface area (Å²) >= 11 is 9.43. The van der Waals surface area contributed by atoms with Gasteiger partial charge in [0.25, 0.3) is 0 Å². The van der Waals surface area contributed by atoms with Crippen molar-refractivity contribution < 1.29 is 0 Å². The average Bonchev–Trinajstić information content (AvgIpc) is 2.42. The SMILES string of the molecule is CCCc1cc(NC)nc(-c2ccc(Cl)c(Br)c2)n1. The van der Waals surface area contributed by atoms with Gasteiger partial charge in [-0.15, -0.1) is 0 Å². The van der Waals surface area contributed by atoms with Gasteiger partial charge >= 0.3 is 0 Å². The van der Waals surface area contributed by atoms with E-state index in [0.29, 0.717) is 10.8 Å². The Labute approximate surface area is 126 Å². The van der Waals surface area contributed by atoms with Crippen LogP contribution in [0.5, 0.6) is 0 Å². The Bertz CT molecular complexity index is 587. The molecule has 1 aromatic heterocycles. The van der Waals surface area contributed by atoms with E-state index in [0.717, 1.165) is 34.4 Å². The van der Waals surface area contributed by atoms with Crippen molar-refractivity contribution in [3.05, 3.63) is 39.5 Å². The van der Waals surface area contributed by atoms with Crippen molar-refractivity contribution in [2.45, 2.75) is 19.8 Å². The number of aryl methyl sites for hydroxylation is 1. The summed E-state index contributed by atoms with van der Waals surface area (Å²) in [5.41, 5.74) is 1.99. The molecule has 0 unspecified atom stereocenters. The van der Waals surface area contributed by atoms with E-state index in [1.54, 1.807) is 0 Å². The molecular formula is C14H15BrClN3. The van der Waals surface area contributed by atoms with E-state index in [1.807, 2.05) is 31.3 Å². The first-order valence-electron chi connectivity index (χ1n) is 6.15. The van der Waals surface area contributed by atoms with Crippen molar-refractivity contribution in [2.24, 2.45) is 0 Å². The second-order valence-electron chi connectivity index (χ2n) is 4.20. The minimum Gasteiger partial charge on any atom is -0.373 e. The zero-order chi connectivity index (χ0) is 13.8. The molecule has 19 heavy (non-hydrogen) atoms. The quantitative estimate of drug-likeness (QED) is 0.887. The third-order valence-corrected chi connectivity index (χ3v) is 3.93. The number of hydrogen-bond acceptors (Lipinski definition) is 3. The molecule has 2 rings (SSSR count). The van der Waals surface area contributed by atoms with E-state index in [2.05, 4.69) is 38.1 Å². The van der Waals surface area contributed by atoms with Crippen LogP contribution < -0.4 is 5.32 Å². The smallest absolute Gasteiger partial charge is 0.161 e. The summed E-state index contributed by atoms with van der Waals surface area (Å²) in [6.45, 7) is 2.14. The lowest BCUT2D eigenvalue weighted by Gasteiger charge is -2.08. The van der Waals surface area contributed by atoms with Gasteiger partial charge in [-0.25, -0.2) is 9.97 Å². The molecule has 0 spiro atoms. The van der Waals surface area contributed by atoms with Crippen LogP contribution in [0.3, 0.4) is 0 Å². The van der Waals surface area contributed by atoms with Crippen LogP contribution in [-0.4, -0.2) is 17.0 Å². The summed E-state index contributed by atoms with van der Waals surface area (Å²) in [4.78, 5) is 9.09. The lowest BCUT2D eigenvalue weighted by molar-refractivity contribution is 0.876. The molecular weight excluding hydrogens is 326 g/mol. The van der Waals surface area contributed by atoms with E-state index in [1.165, 1.54) is 0 Å². The zero-order valence-corrected chi connectivity index (χ0v) is 13.2. The molecule has 0 aliphatic heterocycles. The van der Waals surface area contributed by atoms with Crippen LogP contribution in [0.1, 0.15) is 19.0 Å². The van der Waals surface area contributed by atoms with E-state index < -0.39 is 0 Å². The Kier molecular flexibility index (Phi) is 4.77. The van der Waals surface area contributed by atoms with Crippen LogP contribution in [0.4, 0.5) is 5.82 Å². The molecule has 3 nitrogen and oxygen atoms in total. The van der Waals surface area contributed by atoms with Crippen molar-refractivity contribution in [1.29, 1.82) is 0 Å². The fourth-order valence-electron chi connectivity index (χ4n) is 1.77. The van der Waals surface area contributed by atoms with Gasteiger partial charge in [-0.1, -0.05) is 24.9 Å². The van der Waals surface area contributed by atoms with E-state index >= 15 is 0 Å². The minimum absolute atomic E-state index is 0.683. The molecule has 1 aromatic carbocycles. The van der Waals surface area contributed by atoms with Crippen molar-refractivity contribution >= 4 is 33.3 Å². The first-order valence-corrected chi connectivity index (χ1v) is 7.32. The molecule has 0 aliphatic rings. The highest BCUT2D eigenvalue weighted by molar-refractivity contribution is 9.10. The maximum atomic E-state index is 6.01. The van der Waals surface area contributed by atoms with Crippen LogP contribution >= 0.6 is 27.5 Å². The number of aromatic nitrogens is 2. The van der Waals surface area contributed by atoms with Gasteiger partial charge in [-0.05, 0) is 40.5 Å². The summed E-state index contributed by atoms with van der Waals surface area (Å²) in [5.74, 6) is 1.55. The first-order chi connectivity index (χ1) is 9.13. The highest BCUT2D eigenvalue weighted by atomic mass is 79.9. The molecule has 1 heterocycles. The largest absolute Gasteiger partial charge is 0.373 e. The summed E-state index contributed by atoms with van der Waals surface area (Å²) < 4.78 is 0.849. The molecule has 0 radical (unpaired) electrons. The second-order valence-corrected chi connectivity index (χ2v) is 5.46. The molecule has 0 atom stereocenters. The van der Waals surface area contributed by atoms with E-state index in [4.69, 9.17) is 11.6 Å². The van der Waals surface area contributed by atoms with Gasteiger partial charge in [0, 0.05) is 28.8 Å². The summed E-state index contributed by atoms with van der Waals surface area (Å²) in [5, 5.41) is 3.76. The minimum atomic E-state index is 0.683. The number of benzene rings is 1. The third kappa shape index (κ3) is 3.45. The van der Waals surface area contributed by atoms with Gasteiger partial charge in [0.15, 0.2) is 5.82 Å². The summed E-state index contributed by atoms with van der Waals surface area (Å²) in [7, 11) is 1.86. The van der Waals surface area contributed by atoms with Crippen LogP contribution in [0.2, 0.25) is 5.02 Å². The molecule has 0 fully saturated rings. The van der Waals surface area contributed by atoms with Crippen molar-refractivity contribution in [3.8, 4) is 11.4 Å². The highest BCUT2D eigenvalue weighted by Gasteiger charge is 2.08. The number of nitrogens with one attached hydrogen (secondary N) is 1. The number of anilines is 1. The molecule has 0 saturated carbocycles. The molecule has 100 valence electrons. The topological polar surface area (TPSA) is 37.8 Å². The third-order valence-electron chi connectivity index (χ3n) is 2.72. The fraction of sp³-hybridized carbons (Fsp3) is 0.286. The number of hydrogen-bond donors (Lipinski definition) is 1. The lowest BCUT2D eigenvalue weighted by atomic mass is 10.2. The number of rotatable bonds is 4. The molecule has 5 heteroatoms. The van der Waals surface area contributed by atoms with Crippen LogP contribution in [0, 0.1) is 0 Å². The van der Waals surface area contributed by atoms with Gasteiger partial charge in [0.2, 0.25) is 0 Å². The Morgan fingerprint density at radius 2 is 2.05 bits per heavy atom. The van der Waals surface area contributed by atoms with Crippen LogP contribution in [-0.2, 0) is 6.42 Å². The van der Waals surface area contributed by atoms with Crippen molar-refractivity contribution in [2.75, 3.05) is 12.4 Å². The zero-order valence-electron chi connectivity index (χ0n) is 10.9. The van der Waals surface area contributed by atoms with E-state index in [9.17, 15) is 0 Å². The Morgan fingerprint density at radius 1 is 1.26 bits per heavy atom. The van der Waals surface area contributed by atoms with Gasteiger partial charge in [-0.3, -0.25) is 0 Å². The standard InChI is InChI=1S/C14H15BrClN3/c1-3-4-10-8-13(17-2)19-14(18-10)9-5-6-12(16)11(15)7-9/h5-8H,3-4H2,1-2H3,(H,17,18,19). The van der Waals surface area contributed by atoms with Crippen molar-refractivity contribution in [3.63, 3.8) is 0 Å². The maximum Gasteiger partial charge on any atom is 0.161 e. The molecule has 2 aromatic rings. The summed E-state index contributed by atoms with van der Waals surface area (Å²) in [6.07, 6.45) is 2.00. The predicted molar refractivity (Wildman–Crippen MR) is 83.7 cm³/mol. The maximum absolute atomic E-state index is 6.01. The number of nitrogens with zero attached hydrogens (tertiary/aromatic N) is 2. The number of halogens is 2. The Balaban J connectivity index is 2.47. The summed E-state index contributed by atoms with van der Waals surface area (Å²) in [6, 6.07) is 7.69. The molecule has 0 bridgehead atoms. The lowest BCUT2D eigenvalue weighted by Crippen LogP contribution is -2.01. The second kappa shape index (κ2) is 6.35. The van der Waals surface area contributed by atoms with Crippen LogP contribution in [0.25, 0.3) is 11.4 Å². The fourth-order valence-corrected chi connectivity index (χ4v) is 2.27. The van der Waals surface area contributed by atoms with E-state index in [-0.39, 0.29) is 0 Å². The van der Waals surface area contributed by atoms with Crippen LogP contribution in [0.15, 0.2) is 28.7 Å². The highest BCUT2D eigenvalue weighted by Crippen LogP contribution is 2.28. The molecule has 1 N–H and O–H groups in total. The van der Waals surface area contributed by atoms with Crippen molar-refractivity contribution in [1.82, 2.24) is 9.97 Å². The van der Waals surface area contributed by atoms with Gasteiger partial charge in [0.05, 0.1) is 5.02 Å². The molecule has 0 saturated heterocycles. The van der Waals surface area contributed by atoms with Gasteiger partial charge in [-0.2, -0.15) is 0 Å². The molecule has 0 amide bonds. The average molecular weight is 341 g/mol. The first kappa shape index (κ1) is 14.3. The van der Waals surface area contributed by atoms with Gasteiger partial charge in [0.1, 0.15) is 5.82 Å². The predicted octanol–water partition coefficient (Wildman–Crippen LogP) is 4.55. The Hall–Kier alpha value is -1.13. The monoisotopic (exact) mass is 339 g/mol.